The van der Waals surface area contributed by atoms with Crippen molar-refractivity contribution in [1.29, 1.82) is 0 Å². The van der Waals surface area contributed by atoms with E-state index in [1.807, 2.05) is 13.0 Å². The average molecular weight is 337 g/mol. The maximum absolute atomic E-state index is 12.8. The van der Waals surface area contributed by atoms with Gasteiger partial charge >= 0.3 is 5.97 Å². The minimum Gasteiger partial charge on any atom is -0.468 e. The maximum Gasteiger partial charge on any atom is 0.321 e. The van der Waals surface area contributed by atoms with Gasteiger partial charge in [-0.05, 0) is 24.6 Å². The van der Waals surface area contributed by atoms with Crippen molar-refractivity contribution >= 4 is 16.0 Å². The van der Waals surface area contributed by atoms with Crippen LogP contribution in [0.5, 0.6) is 0 Å². The second-order valence-electron chi connectivity index (χ2n) is 5.19. The maximum atomic E-state index is 12.8. The van der Waals surface area contributed by atoms with E-state index in [-0.39, 0.29) is 18.0 Å². The van der Waals surface area contributed by atoms with E-state index in [0.717, 1.165) is 9.87 Å². The molecule has 1 heterocycles. The van der Waals surface area contributed by atoms with Gasteiger partial charge in [-0.3, -0.25) is 9.48 Å². The molecule has 0 spiro atoms. The highest BCUT2D eigenvalue weighted by atomic mass is 32.2. The standard InChI is InChI=1S/C15H19N3O4S/c1-12-5-4-6-14(7-12)23(20,21)18(11-15(19)22-3)10-13-8-16-17(2)9-13/h4-9H,10-11H2,1-3H3. The molecule has 0 atom stereocenters. The van der Waals surface area contributed by atoms with Crippen LogP contribution in [0.4, 0.5) is 0 Å². The van der Waals surface area contributed by atoms with Gasteiger partial charge in [-0.1, -0.05) is 12.1 Å². The quantitative estimate of drug-likeness (QED) is 0.737. The average Bonchev–Trinajstić information content (AvgIpc) is 2.91. The predicted octanol–water partition coefficient (Wildman–Crippen LogP) is 1.09. The molecule has 0 saturated heterocycles. The molecule has 2 rings (SSSR count). The number of hydrogen-bond acceptors (Lipinski definition) is 5. The molecule has 7 nitrogen and oxygen atoms in total. The first-order valence-corrected chi connectivity index (χ1v) is 8.38. The number of benzene rings is 1. The number of sulfonamides is 1. The van der Waals surface area contributed by atoms with Crippen LogP contribution in [0.1, 0.15) is 11.1 Å². The van der Waals surface area contributed by atoms with E-state index in [1.165, 1.54) is 13.2 Å². The lowest BCUT2D eigenvalue weighted by Gasteiger charge is -2.20. The molecule has 0 fully saturated rings. The van der Waals surface area contributed by atoms with Crippen molar-refractivity contribution in [3.63, 3.8) is 0 Å². The van der Waals surface area contributed by atoms with Gasteiger partial charge in [0, 0.05) is 25.4 Å². The molecule has 0 saturated carbocycles. The number of ether oxygens (including phenoxy) is 1. The number of hydrogen-bond donors (Lipinski definition) is 0. The lowest BCUT2D eigenvalue weighted by molar-refractivity contribution is -0.140. The molecular weight excluding hydrogens is 318 g/mol. The van der Waals surface area contributed by atoms with Crippen molar-refractivity contribution in [2.24, 2.45) is 7.05 Å². The Balaban J connectivity index is 2.36. The van der Waals surface area contributed by atoms with Crippen LogP contribution in [0.2, 0.25) is 0 Å². The summed E-state index contributed by atoms with van der Waals surface area (Å²) in [6.45, 7) is 1.49. The van der Waals surface area contributed by atoms with Gasteiger partial charge in [0.25, 0.3) is 0 Å². The van der Waals surface area contributed by atoms with E-state index in [2.05, 4.69) is 9.84 Å². The summed E-state index contributed by atoms with van der Waals surface area (Å²) in [4.78, 5) is 11.8. The van der Waals surface area contributed by atoms with Gasteiger partial charge in [0.15, 0.2) is 0 Å². The lowest BCUT2D eigenvalue weighted by atomic mass is 10.2. The van der Waals surface area contributed by atoms with Crippen LogP contribution >= 0.6 is 0 Å². The Morgan fingerprint density at radius 1 is 1.39 bits per heavy atom. The third kappa shape index (κ3) is 4.17. The lowest BCUT2D eigenvalue weighted by Crippen LogP contribution is -2.35. The van der Waals surface area contributed by atoms with Crippen LogP contribution in [-0.2, 0) is 33.1 Å². The smallest absolute Gasteiger partial charge is 0.321 e. The fourth-order valence-electron chi connectivity index (χ4n) is 2.12. The van der Waals surface area contributed by atoms with Gasteiger partial charge in [0.1, 0.15) is 6.54 Å². The summed E-state index contributed by atoms with van der Waals surface area (Å²) in [7, 11) is -0.857. The first-order valence-electron chi connectivity index (χ1n) is 6.94. The number of nitrogens with zero attached hydrogens (tertiary/aromatic N) is 3. The van der Waals surface area contributed by atoms with Crippen molar-refractivity contribution in [3.8, 4) is 0 Å². The summed E-state index contributed by atoms with van der Waals surface area (Å²) in [5.74, 6) is -0.620. The molecule has 2 aromatic rings. The summed E-state index contributed by atoms with van der Waals surface area (Å²) in [5, 5.41) is 4.02. The predicted molar refractivity (Wildman–Crippen MR) is 84.0 cm³/mol. The summed E-state index contributed by atoms with van der Waals surface area (Å²) in [6.07, 6.45) is 3.27. The molecule has 8 heteroatoms. The van der Waals surface area contributed by atoms with Crippen LogP contribution in [0.3, 0.4) is 0 Å². The van der Waals surface area contributed by atoms with Crippen LogP contribution in [0.15, 0.2) is 41.6 Å². The topological polar surface area (TPSA) is 81.5 Å². The minimum atomic E-state index is -3.82. The van der Waals surface area contributed by atoms with Crippen LogP contribution in [0, 0.1) is 6.92 Å². The van der Waals surface area contributed by atoms with E-state index >= 15 is 0 Å². The van der Waals surface area contributed by atoms with Crippen molar-refractivity contribution in [3.05, 3.63) is 47.8 Å². The summed E-state index contributed by atoms with van der Waals surface area (Å²) in [5.41, 5.74) is 1.51. The molecule has 1 aromatic carbocycles. The van der Waals surface area contributed by atoms with Crippen LogP contribution in [0.25, 0.3) is 0 Å². The van der Waals surface area contributed by atoms with Gasteiger partial charge in [0.05, 0.1) is 18.2 Å². The van der Waals surface area contributed by atoms with Gasteiger partial charge < -0.3 is 4.74 Å². The fraction of sp³-hybridized carbons (Fsp3) is 0.333. The number of rotatable bonds is 6. The van der Waals surface area contributed by atoms with E-state index < -0.39 is 16.0 Å². The van der Waals surface area contributed by atoms with E-state index in [9.17, 15) is 13.2 Å². The molecule has 0 unspecified atom stereocenters. The summed E-state index contributed by atoms with van der Waals surface area (Å²) in [6, 6.07) is 6.56. The van der Waals surface area contributed by atoms with E-state index in [0.29, 0.717) is 5.56 Å². The van der Waals surface area contributed by atoms with Crippen molar-refractivity contribution < 1.29 is 17.9 Å². The SMILES string of the molecule is COC(=O)CN(Cc1cnn(C)c1)S(=O)(=O)c1cccc(C)c1. The van der Waals surface area contributed by atoms with E-state index in [1.54, 1.807) is 36.3 Å². The molecule has 0 aliphatic rings. The molecule has 124 valence electrons. The highest BCUT2D eigenvalue weighted by Gasteiger charge is 2.27. The second-order valence-corrected chi connectivity index (χ2v) is 7.13. The Labute approximate surface area is 135 Å². The van der Waals surface area contributed by atoms with Gasteiger partial charge in [-0.25, -0.2) is 8.42 Å². The highest BCUT2D eigenvalue weighted by molar-refractivity contribution is 7.89. The van der Waals surface area contributed by atoms with Crippen molar-refractivity contribution in [2.45, 2.75) is 18.4 Å². The second kappa shape index (κ2) is 6.93. The molecule has 0 aliphatic heterocycles. The number of aromatic nitrogens is 2. The molecule has 1 aromatic heterocycles. The molecule has 23 heavy (non-hydrogen) atoms. The molecular formula is C15H19N3O4S. The molecule has 0 radical (unpaired) electrons. The molecule has 0 bridgehead atoms. The Kier molecular flexibility index (Phi) is 5.17. The van der Waals surface area contributed by atoms with Crippen molar-refractivity contribution in [2.75, 3.05) is 13.7 Å². The molecule has 0 aliphatic carbocycles. The Morgan fingerprint density at radius 2 is 2.13 bits per heavy atom. The number of carbonyl (C=O) groups is 1. The number of aryl methyl sites for hydroxylation is 2. The highest BCUT2D eigenvalue weighted by Crippen LogP contribution is 2.19. The Hall–Kier alpha value is -2.19. The zero-order valence-electron chi connectivity index (χ0n) is 13.3. The molecule has 0 N–H and O–H groups in total. The normalized spacial score (nSPS) is 11.7. The zero-order valence-corrected chi connectivity index (χ0v) is 14.1. The van der Waals surface area contributed by atoms with Gasteiger partial charge in [-0.2, -0.15) is 9.40 Å². The van der Waals surface area contributed by atoms with Crippen LogP contribution < -0.4 is 0 Å². The third-order valence-corrected chi connectivity index (χ3v) is 5.07. The number of carbonyl (C=O) groups excluding carboxylic acids is 1. The Morgan fingerprint density at radius 3 is 2.70 bits per heavy atom. The molecule has 0 amide bonds. The summed E-state index contributed by atoms with van der Waals surface area (Å²) < 4.78 is 33.0. The Bertz CT molecular complexity index is 799. The number of methoxy groups -OCH3 is 1. The first kappa shape index (κ1) is 17.2. The minimum absolute atomic E-state index is 0.0409. The largest absolute Gasteiger partial charge is 0.468 e. The fourth-order valence-corrected chi connectivity index (χ4v) is 3.59. The number of esters is 1. The van der Waals surface area contributed by atoms with Gasteiger partial charge in [0.2, 0.25) is 10.0 Å². The monoisotopic (exact) mass is 337 g/mol. The third-order valence-electron chi connectivity index (χ3n) is 3.28. The zero-order chi connectivity index (χ0) is 17.0. The summed E-state index contributed by atoms with van der Waals surface area (Å²) >= 11 is 0. The van der Waals surface area contributed by atoms with Gasteiger partial charge in [-0.15, -0.1) is 0 Å². The van der Waals surface area contributed by atoms with E-state index in [4.69, 9.17) is 0 Å². The van der Waals surface area contributed by atoms with Crippen molar-refractivity contribution in [1.82, 2.24) is 14.1 Å². The van der Waals surface area contributed by atoms with Crippen LogP contribution in [-0.4, -0.2) is 42.1 Å². The first-order chi connectivity index (χ1) is 10.8.